The van der Waals surface area contributed by atoms with Gasteiger partial charge in [0.2, 0.25) is 17.7 Å². The molecule has 0 spiro atoms. The molecule has 0 fully saturated rings. The minimum Gasteiger partial charge on any atom is -0.376 e. The maximum absolute atomic E-state index is 12.1. The van der Waals surface area contributed by atoms with Crippen LogP contribution < -0.4 is 15.5 Å². The van der Waals surface area contributed by atoms with Crippen LogP contribution in [0.25, 0.3) is 0 Å². The van der Waals surface area contributed by atoms with Gasteiger partial charge in [0.05, 0.1) is 6.54 Å². The summed E-state index contributed by atoms with van der Waals surface area (Å²) >= 11 is 0. The summed E-state index contributed by atoms with van der Waals surface area (Å²) in [6, 6.07) is 14.8. The molecule has 0 aliphatic rings. The van der Waals surface area contributed by atoms with E-state index in [0.29, 0.717) is 18.5 Å². The zero-order valence-corrected chi connectivity index (χ0v) is 17.4. The van der Waals surface area contributed by atoms with Crippen LogP contribution in [0.2, 0.25) is 0 Å². The van der Waals surface area contributed by atoms with Gasteiger partial charge in [-0.1, -0.05) is 12.1 Å². The molecule has 0 radical (unpaired) electrons. The van der Waals surface area contributed by atoms with Crippen LogP contribution in [0.5, 0.6) is 0 Å². The Labute approximate surface area is 171 Å². The Kier molecular flexibility index (Phi) is 7.77. The van der Waals surface area contributed by atoms with E-state index >= 15 is 0 Å². The monoisotopic (exact) mass is 396 g/mol. The van der Waals surface area contributed by atoms with Crippen molar-refractivity contribution in [2.75, 3.05) is 43.2 Å². The molecule has 29 heavy (non-hydrogen) atoms. The summed E-state index contributed by atoms with van der Waals surface area (Å²) in [5.74, 6) is -0.121. The van der Waals surface area contributed by atoms with Gasteiger partial charge < -0.3 is 20.4 Å². The summed E-state index contributed by atoms with van der Waals surface area (Å²) in [4.78, 5) is 38.3. The van der Waals surface area contributed by atoms with Gasteiger partial charge in [0, 0.05) is 51.5 Å². The van der Waals surface area contributed by atoms with E-state index in [-0.39, 0.29) is 24.3 Å². The first-order chi connectivity index (χ1) is 13.8. The van der Waals surface area contributed by atoms with E-state index in [2.05, 4.69) is 10.6 Å². The van der Waals surface area contributed by atoms with Crippen LogP contribution in [-0.4, -0.2) is 50.3 Å². The number of rotatable bonds is 8. The van der Waals surface area contributed by atoms with Crippen molar-refractivity contribution in [2.45, 2.75) is 19.8 Å². The molecule has 3 amide bonds. The van der Waals surface area contributed by atoms with Crippen molar-refractivity contribution < 1.29 is 14.4 Å². The van der Waals surface area contributed by atoms with Crippen molar-refractivity contribution >= 4 is 34.8 Å². The molecule has 2 aromatic rings. The van der Waals surface area contributed by atoms with Crippen molar-refractivity contribution in [1.82, 2.24) is 4.90 Å². The van der Waals surface area contributed by atoms with Gasteiger partial charge in [0.1, 0.15) is 0 Å². The summed E-state index contributed by atoms with van der Waals surface area (Å²) in [6.45, 7) is 1.63. The molecule has 0 aromatic heterocycles. The molecule has 0 saturated heterocycles. The fraction of sp³-hybridized carbons (Fsp3) is 0.318. The van der Waals surface area contributed by atoms with Crippen LogP contribution in [-0.2, 0) is 20.8 Å². The molecule has 0 bridgehead atoms. The summed E-state index contributed by atoms with van der Waals surface area (Å²) in [6.07, 6.45) is 1.16. The highest BCUT2D eigenvalue weighted by Crippen LogP contribution is 2.17. The predicted molar refractivity (Wildman–Crippen MR) is 116 cm³/mol. The maximum Gasteiger partial charge on any atom is 0.243 e. The summed E-state index contributed by atoms with van der Waals surface area (Å²) < 4.78 is 0. The Hall–Kier alpha value is -3.35. The van der Waals surface area contributed by atoms with Gasteiger partial charge in [-0.15, -0.1) is 0 Å². The standard InChI is InChI=1S/C22H28N4O3/c1-16(27)26(4)20-12-10-19(11-13-20)24-21(28)15-23-18-8-5-17(6-9-18)7-14-22(29)25(2)3/h5-6,8-13,23H,7,14-15H2,1-4H3,(H,24,28). The SMILES string of the molecule is CC(=O)N(C)c1ccc(NC(=O)CNc2ccc(CCC(=O)N(C)C)cc2)cc1. The summed E-state index contributed by atoms with van der Waals surface area (Å²) in [5.41, 5.74) is 3.34. The Morgan fingerprint density at radius 1 is 0.862 bits per heavy atom. The topological polar surface area (TPSA) is 81.8 Å². The normalized spacial score (nSPS) is 10.2. The highest BCUT2D eigenvalue weighted by atomic mass is 16.2. The maximum atomic E-state index is 12.1. The lowest BCUT2D eigenvalue weighted by molar-refractivity contribution is -0.128. The van der Waals surface area contributed by atoms with Crippen molar-refractivity contribution in [3.05, 3.63) is 54.1 Å². The van der Waals surface area contributed by atoms with Gasteiger partial charge in [-0.25, -0.2) is 0 Å². The smallest absolute Gasteiger partial charge is 0.243 e. The number of carbonyl (C=O) groups excluding carboxylic acids is 3. The van der Waals surface area contributed by atoms with Gasteiger partial charge in [-0.2, -0.15) is 0 Å². The fourth-order valence-electron chi connectivity index (χ4n) is 2.60. The quantitative estimate of drug-likeness (QED) is 0.719. The first-order valence-electron chi connectivity index (χ1n) is 9.43. The predicted octanol–water partition coefficient (Wildman–Crippen LogP) is 2.74. The molecule has 154 valence electrons. The average molecular weight is 396 g/mol. The molecule has 2 N–H and O–H groups in total. The van der Waals surface area contributed by atoms with E-state index in [1.54, 1.807) is 50.3 Å². The van der Waals surface area contributed by atoms with E-state index in [1.165, 1.54) is 11.8 Å². The zero-order valence-electron chi connectivity index (χ0n) is 17.4. The molecule has 2 aromatic carbocycles. The molecular formula is C22H28N4O3. The Balaban J connectivity index is 1.80. The van der Waals surface area contributed by atoms with E-state index in [1.807, 2.05) is 24.3 Å². The largest absolute Gasteiger partial charge is 0.376 e. The van der Waals surface area contributed by atoms with Crippen LogP contribution in [0, 0.1) is 0 Å². The van der Waals surface area contributed by atoms with Crippen LogP contribution in [0.1, 0.15) is 18.9 Å². The van der Waals surface area contributed by atoms with E-state index in [9.17, 15) is 14.4 Å². The van der Waals surface area contributed by atoms with Crippen LogP contribution >= 0.6 is 0 Å². The third kappa shape index (κ3) is 6.95. The molecule has 0 atom stereocenters. The van der Waals surface area contributed by atoms with Gasteiger partial charge in [0.15, 0.2) is 0 Å². The Morgan fingerprint density at radius 3 is 2.00 bits per heavy atom. The van der Waals surface area contributed by atoms with Gasteiger partial charge in [0.25, 0.3) is 0 Å². The number of nitrogens with one attached hydrogen (secondary N) is 2. The molecule has 0 aliphatic carbocycles. The molecule has 0 aliphatic heterocycles. The molecule has 7 heteroatoms. The number of hydrogen-bond donors (Lipinski definition) is 2. The van der Waals surface area contributed by atoms with Crippen molar-refractivity contribution in [2.24, 2.45) is 0 Å². The van der Waals surface area contributed by atoms with E-state index in [0.717, 1.165) is 16.9 Å². The highest BCUT2D eigenvalue weighted by Gasteiger charge is 2.07. The molecule has 2 rings (SSSR count). The minimum atomic E-state index is -0.168. The zero-order chi connectivity index (χ0) is 21.4. The fourth-order valence-corrected chi connectivity index (χ4v) is 2.60. The number of nitrogens with zero attached hydrogens (tertiary/aromatic N) is 2. The number of anilines is 3. The van der Waals surface area contributed by atoms with Gasteiger partial charge in [-0.05, 0) is 48.4 Å². The third-order valence-corrected chi connectivity index (χ3v) is 4.54. The van der Waals surface area contributed by atoms with Crippen molar-refractivity contribution in [3.8, 4) is 0 Å². The summed E-state index contributed by atoms with van der Waals surface area (Å²) in [5, 5.41) is 5.89. The number of aryl methyl sites for hydroxylation is 1. The third-order valence-electron chi connectivity index (χ3n) is 4.54. The Bertz CT molecular complexity index is 845. The van der Waals surface area contributed by atoms with Crippen molar-refractivity contribution in [1.29, 1.82) is 0 Å². The summed E-state index contributed by atoms with van der Waals surface area (Å²) in [7, 11) is 5.20. The molecule has 0 saturated carbocycles. The van der Waals surface area contributed by atoms with Crippen molar-refractivity contribution in [3.63, 3.8) is 0 Å². The lowest BCUT2D eigenvalue weighted by Crippen LogP contribution is -2.23. The first kappa shape index (κ1) is 21.9. The minimum absolute atomic E-state index is 0.0543. The highest BCUT2D eigenvalue weighted by molar-refractivity contribution is 5.95. The Morgan fingerprint density at radius 2 is 1.45 bits per heavy atom. The number of benzene rings is 2. The van der Waals surface area contributed by atoms with Crippen LogP contribution in [0.3, 0.4) is 0 Å². The van der Waals surface area contributed by atoms with E-state index < -0.39 is 0 Å². The van der Waals surface area contributed by atoms with Gasteiger partial charge >= 0.3 is 0 Å². The molecule has 7 nitrogen and oxygen atoms in total. The van der Waals surface area contributed by atoms with Crippen LogP contribution in [0.15, 0.2) is 48.5 Å². The number of hydrogen-bond acceptors (Lipinski definition) is 4. The lowest BCUT2D eigenvalue weighted by atomic mass is 10.1. The number of amides is 3. The molecule has 0 unspecified atom stereocenters. The lowest BCUT2D eigenvalue weighted by Gasteiger charge is -2.15. The second-order valence-electron chi connectivity index (χ2n) is 7.01. The number of carbonyl (C=O) groups is 3. The van der Waals surface area contributed by atoms with Crippen LogP contribution in [0.4, 0.5) is 17.1 Å². The average Bonchev–Trinajstić information content (AvgIpc) is 2.71. The van der Waals surface area contributed by atoms with E-state index in [4.69, 9.17) is 0 Å². The second kappa shape index (κ2) is 10.3. The van der Waals surface area contributed by atoms with Gasteiger partial charge in [-0.3, -0.25) is 14.4 Å². The molecular weight excluding hydrogens is 368 g/mol. The second-order valence-corrected chi connectivity index (χ2v) is 7.01. The first-order valence-corrected chi connectivity index (χ1v) is 9.43. The molecule has 0 heterocycles.